The number of hydrogen-bond donors (Lipinski definition) is 1. The average molecular weight is 561 g/mol. The van der Waals surface area contributed by atoms with Gasteiger partial charge in [0.25, 0.3) is 6.01 Å². The quantitative estimate of drug-likeness (QED) is 0.410. The molecule has 3 aliphatic rings. The number of H-pyrrole nitrogens is 1. The van der Waals surface area contributed by atoms with Gasteiger partial charge in [0, 0.05) is 25.3 Å². The molecule has 6 rings (SSSR count). The fraction of sp³-hybridized carbons (Fsp3) is 0.556. The average Bonchev–Trinajstić information content (AvgIpc) is 3.60. The SMILES string of the molecule is CCCO[C@H]1COCC1Oc1nc2nc(-c3ccc(C4CCN(S(=O)(=O)C5CC5)CC4)cc3)c(Cl)cc2[nH]1. The molecule has 0 bridgehead atoms. The van der Waals surface area contributed by atoms with Gasteiger partial charge in [-0.3, -0.25) is 0 Å². The number of aromatic amines is 1. The van der Waals surface area contributed by atoms with Crippen LogP contribution in [0.1, 0.15) is 50.5 Å². The van der Waals surface area contributed by atoms with Crippen LogP contribution in [0.15, 0.2) is 30.3 Å². The van der Waals surface area contributed by atoms with E-state index in [-0.39, 0.29) is 17.5 Å². The second-order valence-electron chi connectivity index (χ2n) is 10.4. The number of sulfonamides is 1. The van der Waals surface area contributed by atoms with Crippen molar-refractivity contribution >= 4 is 32.8 Å². The predicted molar refractivity (Wildman–Crippen MR) is 145 cm³/mol. The van der Waals surface area contributed by atoms with E-state index in [4.69, 9.17) is 30.8 Å². The molecule has 11 heteroatoms. The van der Waals surface area contributed by atoms with Crippen molar-refractivity contribution in [2.75, 3.05) is 32.9 Å². The maximum Gasteiger partial charge on any atom is 0.296 e. The highest BCUT2D eigenvalue weighted by atomic mass is 35.5. The number of hydrogen-bond acceptors (Lipinski definition) is 7. The standard InChI is InChI=1S/C27H33ClN4O5S/c1-2-13-36-23-15-35-16-24(23)37-27-29-22-14-21(28)25(30-26(22)31-27)19-5-3-17(4-6-19)18-9-11-32(12-10-18)38(33,34)20-7-8-20/h3-6,14,18,20,23-24H,2,7-13,15-16H2,1H3,(H,29,30,31)/t23-,24?/m0/s1. The van der Waals surface area contributed by atoms with Gasteiger partial charge in [-0.15, -0.1) is 0 Å². The molecule has 2 saturated heterocycles. The summed E-state index contributed by atoms with van der Waals surface area (Å²) in [6, 6.07) is 10.4. The number of piperidine rings is 1. The van der Waals surface area contributed by atoms with Crippen LogP contribution in [-0.4, -0.2) is 78.0 Å². The molecule has 3 fully saturated rings. The number of imidazole rings is 1. The Morgan fingerprint density at radius 3 is 2.53 bits per heavy atom. The first-order valence-electron chi connectivity index (χ1n) is 13.4. The number of nitrogens with zero attached hydrogens (tertiary/aromatic N) is 3. The van der Waals surface area contributed by atoms with Crippen LogP contribution < -0.4 is 4.74 Å². The third kappa shape index (κ3) is 5.29. The van der Waals surface area contributed by atoms with Gasteiger partial charge in [-0.05, 0) is 49.7 Å². The maximum absolute atomic E-state index is 12.5. The van der Waals surface area contributed by atoms with E-state index in [0.29, 0.717) is 66.7 Å². The Labute approximate surface area is 227 Å². The van der Waals surface area contributed by atoms with E-state index in [0.717, 1.165) is 37.7 Å². The molecule has 1 unspecified atom stereocenters. The number of pyridine rings is 1. The van der Waals surface area contributed by atoms with Gasteiger partial charge in [0.05, 0.1) is 34.7 Å². The summed E-state index contributed by atoms with van der Waals surface area (Å²) >= 11 is 6.62. The van der Waals surface area contributed by atoms with E-state index < -0.39 is 10.0 Å². The molecule has 1 saturated carbocycles. The van der Waals surface area contributed by atoms with Crippen molar-refractivity contribution in [2.24, 2.45) is 0 Å². The summed E-state index contributed by atoms with van der Waals surface area (Å²) < 4.78 is 44.2. The van der Waals surface area contributed by atoms with Crippen LogP contribution >= 0.6 is 11.6 Å². The fourth-order valence-corrected chi connectivity index (χ4v) is 7.41. The van der Waals surface area contributed by atoms with Crippen LogP contribution in [0.2, 0.25) is 5.02 Å². The molecule has 1 N–H and O–H groups in total. The highest BCUT2D eigenvalue weighted by Gasteiger charge is 2.41. The van der Waals surface area contributed by atoms with Crippen LogP contribution in [0, 0.1) is 0 Å². The summed E-state index contributed by atoms with van der Waals surface area (Å²) in [7, 11) is -3.09. The highest BCUT2D eigenvalue weighted by Crippen LogP contribution is 2.36. The molecule has 0 spiro atoms. The normalized spacial score (nSPS) is 23.3. The summed E-state index contributed by atoms with van der Waals surface area (Å²) in [5.41, 5.74) is 3.99. The minimum absolute atomic E-state index is 0.122. The number of benzene rings is 1. The molecule has 1 aromatic carbocycles. The lowest BCUT2D eigenvalue weighted by molar-refractivity contribution is -0.00235. The van der Waals surface area contributed by atoms with Gasteiger partial charge in [0.1, 0.15) is 6.10 Å². The fourth-order valence-electron chi connectivity index (χ4n) is 5.28. The summed E-state index contributed by atoms with van der Waals surface area (Å²) in [6.45, 7) is 4.88. The number of nitrogens with one attached hydrogen (secondary N) is 1. The molecule has 1 aliphatic carbocycles. The van der Waals surface area contributed by atoms with E-state index in [1.165, 1.54) is 5.56 Å². The molecule has 3 aromatic rings. The number of halogens is 1. The third-order valence-corrected chi connectivity index (χ3v) is 10.3. The van der Waals surface area contributed by atoms with Crippen LogP contribution in [0.25, 0.3) is 22.4 Å². The van der Waals surface area contributed by atoms with E-state index in [2.05, 4.69) is 29.0 Å². The monoisotopic (exact) mass is 560 g/mol. The molecule has 0 radical (unpaired) electrons. The first kappa shape index (κ1) is 26.0. The van der Waals surface area contributed by atoms with Gasteiger partial charge in [-0.25, -0.2) is 17.7 Å². The zero-order chi connectivity index (χ0) is 26.3. The molecule has 2 aromatic heterocycles. The lowest BCUT2D eigenvalue weighted by Gasteiger charge is -2.31. The minimum atomic E-state index is -3.09. The second kappa shape index (κ2) is 10.7. The molecule has 2 atom stereocenters. The van der Waals surface area contributed by atoms with Gasteiger partial charge >= 0.3 is 0 Å². The van der Waals surface area contributed by atoms with E-state index in [1.807, 2.05) is 18.2 Å². The van der Waals surface area contributed by atoms with Crippen molar-refractivity contribution in [3.05, 3.63) is 40.9 Å². The summed E-state index contributed by atoms with van der Waals surface area (Å²) in [5, 5.41) is 0.380. The molecule has 4 heterocycles. The Kier molecular flexibility index (Phi) is 7.34. The third-order valence-electron chi connectivity index (χ3n) is 7.60. The van der Waals surface area contributed by atoms with Gasteiger partial charge < -0.3 is 19.2 Å². The van der Waals surface area contributed by atoms with Crippen molar-refractivity contribution in [3.8, 4) is 17.3 Å². The van der Waals surface area contributed by atoms with Crippen molar-refractivity contribution in [2.45, 2.75) is 62.4 Å². The van der Waals surface area contributed by atoms with Crippen molar-refractivity contribution in [1.82, 2.24) is 19.3 Å². The number of ether oxygens (including phenoxy) is 3. The topological polar surface area (TPSA) is 107 Å². The Bertz CT molecular complexity index is 1380. The molecule has 2 aliphatic heterocycles. The lowest BCUT2D eigenvalue weighted by Crippen LogP contribution is -2.39. The molecule has 9 nitrogen and oxygen atoms in total. The number of fused-ring (bicyclic) bond motifs is 1. The molecular formula is C27H33ClN4O5S. The van der Waals surface area contributed by atoms with Crippen molar-refractivity contribution in [3.63, 3.8) is 0 Å². The van der Waals surface area contributed by atoms with Crippen molar-refractivity contribution < 1.29 is 22.6 Å². The zero-order valence-corrected chi connectivity index (χ0v) is 23.0. The molecule has 38 heavy (non-hydrogen) atoms. The Morgan fingerprint density at radius 2 is 1.82 bits per heavy atom. The van der Waals surface area contributed by atoms with Gasteiger partial charge in [0.2, 0.25) is 10.0 Å². The zero-order valence-electron chi connectivity index (χ0n) is 21.4. The smallest absolute Gasteiger partial charge is 0.296 e. The predicted octanol–water partition coefficient (Wildman–Crippen LogP) is 4.52. The molecule has 0 amide bonds. The summed E-state index contributed by atoms with van der Waals surface area (Å²) in [5.74, 6) is 0.344. The highest BCUT2D eigenvalue weighted by molar-refractivity contribution is 7.90. The van der Waals surface area contributed by atoms with Crippen LogP contribution in [-0.2, 0) is 19.5 Å². The lowest BCUT2D eigenvalue weighted by atomic mass is 9.89. The summed E-state index contributed by atoms with van der Waals surface area (Å²) in [4.78, 5) is 12.4. The first-order valence-corrected chi connectivity index (χ1v) is 15.3. The summed E-state index contributed by atoms with van der Waals surface area (Å²) in [6.07, 6.45) is 3.87. The van der Waals surface area contributed by atoms with Gasteiger partial charge in [0.15, 0.2) is 11.8 Å². The Hall–Kier alpha value is -2.24. The van der Waals surface area contributed by atoms with E-state index >= 15 is 0 Å². The number of rotatable bonds is 9. The largest absolute Gasteiger partial charge is 0.456 e. The van der Waals surface area contributed by atoms with E-state index in [9.17, 15) is 8.42 Å². The Balaban J connectivity index is 1.14. The van der Waals surface area contributed by atoms with Crippen LogP contribution in [0.3, 0.4) is 0 Å². The maximum atomic E-state index is 12.5. The number of aromatic nitrogens is 3. The van der Waals surface area contributed by atoms with Crippen molar-refractivity contribution in [1.29, 1.82) is 0 Å². The van der Waals surface area contributed by atoms with Gasteiger partial charge in [-0.1, -0.05) is 42.8 Å². The van der Waals surface area contributed by atoms with Gasteiger partial charge in [-0.2, -0.15) is 4.98 Å². The second-order valence-corrected chi connectivity index (χ2v) is 13.0. The van der Waals surface area contributed by atoms with Crippen LogP contribution in [0.4, 0.5) is 0 Å². The van der Waals surface area contributed by atoms with E-state index in [1.54, 1.807) is 4.31 Å². The van der Waals surface area contributed by atoms with Crippen LogP contribution in [0.5, 0.6) is 6.01 Å². The molecular weight excluding hydrogens is 528 g/mol. The first-order chi connectivity index (χ1) is 18.4. The molecule has 204 valence electrons. The Morgan fingerprint density at radius 1 is 1.08 bits per heavy atom. The minimum Gasteiger partial charge on any atom is -0.456 e.